The first kappa shape index (κ1) is 18.4. The SMILES string of the molecule is CCc1nc2c(-c3cc(C)c(OC)cc3C)ccnc2n1C(CC)CC. The minimum atomic E-state index is 0.441. The van der Waals surface area contributed by atoms with Gasteiger partial charge in [-0.25, -0.2) is 9.97 Å². The lowest BCUT2D eigenvalue weighted by Crippen LogP contribution is -2.11. The molecule has 26 heavy (non-hydrogen) atoms. The number of fused-ring (bicyclic) bond motifs is 1. The molecule has 4 nitrogen and oxygen atoms in total. The Bertz CT molecular complexity index is 923. The van der Waals surface area contributed by atoms with Crippen molar-refractivity contribution in [2.45, 2.75) is 59.9 Å². The van der Waals surface area contributed by atoms with E-state index in [0.717, 1.165) is 53.1 Å². The summed E-state index contributed by atoms with van der Waals surface area (Å²) in [5.41, 5.74) is 6.68. The van der Waals surface area contributed by atoms with Crippen molar-refractivity contribution in [1.82, 2.24) is 14.5 Å². The van der Waals surface area contributed by atoms with Crippen LogP contribution in [0.15, 0.2) is 24.4 Å². The van der Waals surface area contributed by atoms with Crippen LogP contribution < -0.4 is 4.74 Å². The molecule has 4 heteroatoms. The Morgan fingerprint density at radius 2 is 1.77 bits per heavy atom. The molecule has 0 fully saturated rings. The van der Waals surface area contributed by atoms with Gasteiger partial charge in [-0.3, -0.25) is 0 Å². The fraction of sp³-hybridized carbons (Fsp3) is 0.455. The Kier molecular flexibility index (Phi) is 5.30. The number of rotatable bonds is 6. The zero-order valence-corrected chi connectivity index (χ0v) is 16.8. The van der Waals surface area contributed by atoms with Gasteiger partial charge in [-0.15, -0.1) is 0 Å². The molecule has 2 aromatic heterocycles. The lowest BCUT2D eigenvalue weighted by molar-refractivity contribution is 0.411. The first-order chi connectivity index (χ1) is 12.5. The van der Waals surface area contributed by atoms with Gasteiger partial charge in [0.1, 0.15) is 17.1 Å². The smallest absolute Gasteiger partial charge is 0.160 e. The highest BCUT2D eigenvalue weighted by Crippen LogP contribution is 2.35. The van der Waals surface area contributed by atoms with E-state index in [1.165, 1.54) is 11.1 Å². The number of ether oxygens (including phenoxy) is 1. The van der Waals surface area contributed by atoms with Gasteiger partial charge in [0.25, 0.3) is 0 Å². The molecule has 0 saturated carbocycles. The maximum absolute atomic E-state index is 5.47. The minimum absolute atomic E-state index is 0.441. The molecule has 0 atom stereocenters. The van der Waals surface area contributed by atoms with Gasteiger partial charge in [0.15, 0.2) is 5.65 Å². The van der Waals surface area contributed by atoms with Crippen molar-refractivity contribution in [2.24, 2.45) is 0 Å². The van der Waals surface area contributed by atoms with Crippen molar-refractivity contribution < 1.29 is 4.74 Å². The maximum Gasteiger partial charge on any atom is 0.160 e. The average Bonchev–Trinajstić information content (AvgIpc) is 3.03. The van der Waals surface area contributed by atoms with E-state index in [1.807, 2.05) is 6.20 Å². The molecule has 0 aliphatic carbocycles. The average molecular weight is 351 g/mol. The van der Waals surface area contributed by atoms with Crippen LogP contribution in [-0.2, 0) is 6.42 Å². The second kappa shape index (κ2) is 7.48. The molecule has 0 saturated heterocycles. The maximum atomic E-state index is 5.47. The molecular weight excluding hydrogens is 322 g/mol. The third-order valence-electron chi connectivity index (χ3n) is 5.31. The van der Waals surface area contributed by atoms with E-state index in [4.69, 9.17) is 14.7 Å². The van der Waals surface area contributed by atoms with Gasteiger partial charge in [0.2, 0.25) is 0 Å². The largest absolute Gasteiger partial charge is 0.496 e. The van der Waals surface area contributed by atoms with Crippen molar-refractivity contribution in [3.05, 3.63) is 41.3 Å². The summed E-state index contributed by atoms with van der Waals surface area (Å²) in [5, 5.41) is 0. The van der Waals surface area contributed by atoms with Crippen LogP contribution in [0, 0.1) is 13.8 Å². The highest BCUT2D eigenvalue weighted by atomic mass is 16.5. The van der Waals surface area contributed by atoms with E-state index in [2.05, 4.69) is 57.4 Å². The highest BCUT2D eigenvalue weighted by Gasteiger charge is 2.20. The fourth-order valence-electron chi connectivity index (χ4n) is 3.84. The number of hydrogen-bond donors (Lipinski definition) is 0. The number of benzene rings is 1. The van der Waals surface area contributed by atoms with E-state index in [0.29, 0.717) is 6.04 Å². The summed E-state index contributed by atoms with van der Waals surface area (Å²) in [7, 11) is 1.72. The second-order valence-electron chi connectivity index (χ2n) is 6.89. The van der Waals surface area contributed by atoms with Gasteiger partial charge in [-0.05, 0) is 61.6 Å². The molecule has 0 spiro atoms. The molecule has 2 heterocycles. The molecule has 0 radical (unpaired) electrons. The van der Waals surface area contributed by atoms with E-state index in [1.54, 1.807) is 7.11 Å². The predicted octanol–water partition coefficient (Wildman–Crippen LogP) is 5.65. The van der Waals surface area contributed by atoms with E-state index < -0.39 is 0 Å². The van der Waals surface area contributed by atoms with Crippen molar-refractivity contribution in [2.75, 3.05) is 7.11 Å². The van der Waals surface area contributed by atoms with Gasteiger partial charge in [0, 0.05) is 24.2 Å². The summed E-state index contributed by atoms with van der Waals surface area (Å²) in [4.78, 5) is 9.72. The van der Waals surface area contributed by atoms with Crippen LogP contribution >= 0.6 is 0 Å². The van der Waals surface area contributed by atoms with E-state index in [-0.39, 0.29) is 0 Å². The third-order valence-corrected chi connectivity index (χ3v) is 5.31. The normalized spacial score (nSPS) is 11.5. The van der Waals surface area contributed by atoms with Crippen molar-refractivity contribution in [3.63, 3.8) is 0 Å². The summed E-state index contributed by atoms with van der Waals surface area (Å²) in [5.74, 6) is 2.05. The lowest BCUT2D eigenvalue weighted by atomic mass is 9.98. The summed E-state index contributed by atoms with van der Waals surface area (Å²) >= 11 is 0. The zero-order valence-electron chi connectivity index (χ0n) is 16.8. The Morgan fingerprint density at radius 3 is 2.38 bits per heavy atom. The number of imidazole rings is 1. The lowest BCUT2D eigenvalue weighted by Gasteiger charge is -2.18. The first-order valence-corrected chi connectivity index (χ1v) is 9.56. The molecular formula is C22H29N3O. The first-order valence-electron chi connectivity index (χ1n) is 9.56. The van der Waals surface area contributed by atoms with Crippen LogP contribution in [0.25, 0.3) is 22.3 Å². The summed E-state index contributed by atoms with van der Waals surface area (Å²) < 4.78 is 7.82. The molecule has 0 aliphatic rings. The van der Waals surface area contributed by atoms with Gasteiger partial charge < -0.3 is 9.30 Å². The monoisotopic (exact) mass is 351 g/mol. The Labute approximate surface area is 156 Å². The molecule has 0 bridgehead atoms. The Hall–Kier alpha value is -2.36. The summed E-state index contributed by atoms with van der Waals surface area (Å²) in [6.45, 7) is 10.9. The summed E-state index contributed by atoms with van der Waals surface area (Å²) in [6.07, 6.45) is 4.99. The molecule has 3 rings (SSSR count). The van der Waals surface area contributed by atoms with Crippen LogP contribution in [0.1, 0.15) is 56.6 Å². The zero-order chi connectivity index (χ0) is 18.8. The second-order valence-corrected chi connectivity index (χ2v) is 6.89. The number of pyridine rings is 1. The highest BCUT2D eigenvalue weighted by molar-refractivity contribution is 5.91. The van der Waals surface area contributed by atoms with Crippen LogP contribution in [0.2, 0.25) is 0 Å². The number of nitrogens with zero attached hydrogens (tertiary/aromatic N) is 3. The number of aryl methyl sites for hydroxylation is 3. The van der Waals surface area contributed by atoms with Crippen molar-refractivity contribution >= 4 is 11.2 Å². The van der Waals surface area contributed by atoms with Crippen molar-refractivity contribution in [3.8, 4) is 16.9 Å². The van der Waals surface area contributed by atoms with Crippen LogP contribution in [0.3, 0.4) is 0 Å². The number of hydrogen-bond acceptors (Lipinski definition) is 3. The van der Waals surface area contributed by atoms with Crippen molar-refractivity contribution in [1.29, 1.82) is 0 Å². The quantitative estimate of drug-likeness (QED) is 0.576. The van der Waals surface area contributed by atoms with Crippen LogP contribution in [0.5, 0.6) is 5.75 Å². The number of methoxy groups -OCH3 is 1. The fourth-order valence-corrected chi connectivity index (χ4v) is 3.84. The molecule has 138 valence electrons. The van der Waals surface area contributed by atoms with Gasteiger partial charge in [-0.2, -0.15) is 0 Å². The third kappa shape index (κ3) is 2.98. The molecule has 0 amide bonds. The topological polar surface area (TPSA) is 39.9 Å². The summed E-state index contributed by atoms with van der Waals surface area (Å²) in [6, 6.07) is 6.83. The molecule has 0 N–H and O–H groups in total. The molecule has 0 unspecified atom stereocenters. The minimum Gasteiger partial charge on any atom is -0.496 e. The molecule has 0 aliphatic heterocycles. The standard InChI is InChI=1S/C22H29N3O/c1-7-16(8-2)25-20(9-3)24-21-17(10-11-23-22(21)25)18-12-15(5)19(26-6)13-14(18)4/h10-13,16H,7-9H2,1-6H3. The Balaban J connectivity index is 2.28. The molecule has 3 aromatic rings. The Morgan fingerprint density at radius 1 is 1.04 bits per heavy atom. The van der Waals surface area contributed by atoms with Gasteiger partial charge in [-0.1, -0.05) is 20.8 Å². The number of aromatic nitrogens is 3. The van der Waals surface area contributed by atoms with E-state index >= 15 is 0 Å². The van der Waals surface area contributed by atoms with Gasteiger partial charge in [0.05, 0.1) is 7.11 Å². The van der Waals surface area contributed by atoms with E-state index in [9.17, 15) is 0 Å². The van der Waals surface area contributed by atoms with Gasteiger partial charge >= 0.3 is 0 Å². The van der Waals surface area contributed by atoms with Crippen LogP contribution in [0.4, 0.5) is 0 Å². The predicted molar refractivity (Wildman–Crippen MR) is 108 cm³/mol. The molecule has 1 aromatic carbocycles. The van der Waals surface area contributed by atoms with Crippen LogP contribution in [-0.4, -0.2) is 21.6 Å².